The third kappa shape index (κ3) is 3.25. The van der Waals surface area contributed by atoms with Gasteiger partial charge < -0.3 is 24.3 Å². The van der Waals surface area contributed by atoms with Crippen LogP contribution in [0.25, 0.3) is 0 Å². The molecule has 1 saturated carbocycles. The Bertz CT molecular complexity index is 876. The Hall–Kier alpha value is -1.84. The molecule has 0 amide bonds. The van der Waals surface area contributed by atoms with Crippen LogP contribution in [-0.4, -0.2) is 55.6 Å². The number of fused-ring (bicyclic) bond motifs is 1. The van der Waals surface area contributed by atoms with Crippen LogP contribution in [0, 0.1) is 6.92 Å². The minimum Gasteiger partial charge on any atom is -0.611 e. The number of aliphatic hydroxyl groups is 1. The number of aliphatic hydroxyl groups excluding tert-OH is 1. The van der Waals surface area contributed by atoms with Gasteiger partial charge in [0.25, 0.3) is 0 Å². The highest BCUT2D eigenvalue weighted by Crippen LogP contribution is 2.42. The van der Waals surface area contributed by atoms with Gasteiger partial charge in [-0.1, -0.05) is 0 Å². The van der Waals surface area contributed by atoms with Crippen LogP contribution < -0.4 is 10.2 Å². The van der Waals surface area contributed by atoms with Gasteiger partial charge in [0.15, 0.2) is 11.7 Å². The Morgan fingerprint density at radius 3 is 2.75 bits per heavy atom. The highest BCUT2D eigenvalue weighted by Gasteiger charge is 2.45. The summed E-state index contributed by atoms with van der Waals surface area (Å²) in [6, 6.07) is 0. The van der Waals surface area contributed by atoms with Crippen molar-refractivity contribution in [2.45, 2.75) is 55.4 Å². The Labute approximate surface area is 167 Å². The monoisotopic (exact) mass is 403 g/mol. The Morgan fingerprint density at radius 1 is 1.32 bits per heavy atom. The maximum atomic E-state index is 12.5. The Kier molecular flexibility index (Phi) is 4.48. The van der Waals surface area contributed by atoms with Crippen molar-refractivity contribution < 1.29 is 14.1 Å². The number of nitrogens with one attached hydrogen (secondary N) is 1. The summed E-state index contributed by atoms with van der Waals surface area (Å²) in [5.41, 5.74) is 1.49. The van der Waals surface area contributed by atoms with Crippen molar-refractivity contribution >= 4 is 22.9 Å². The van der Waals surface area contributed by atoms with Crippen LogP contribution in [0.1, 0.15) is 48.9 Å². The standard InChI is InChI=1S/C19H25N5O3S/c1-12-10-27-17(20-12)13-2-7-24(8-3-13)18-21-14-4-9-28(26)15(14)16(22-18)23-19(11-25)5-6-19/h10,13,25H,2-9,11H2,1H3,(H,21,22,23). The van der Waals surface area contributed by atoms with Gasteiger partial charge in [0, 0.05) is 25.4 Å². The zero-order valence-corrected chi connectivity index (χ0v) is 16.8. The van der Waals surface area contributed by atoms with Gasteiger partial charge >= 0.3 is 0 Å². The maximum absolute atomic E-state index is 12.5. The molecule has 0 radical (unpaired) electrons. The SMILES string of the molecule is Cc1coc(C2CCN(c3nc4c(c(NC5(CO)CC5)n3)[S+]([O-])CC4)CC2)n1. The van der Waals surface area contributed by atoms with Crippen LogP contribution >= 0.6 is 0 Å². The number of nitrogens with zero attached hydrogens (tertiary/aromatic N) is 4. The largest absolute Gasteiger partial charge is 0.611 e. The number of hydrogen-bond acceptors (Lipinski definition) is 8. The van der Waals surface area contributed by atoms with Crippen molar-refractivity contribution in [2.75, 3.05) is 35.7 Å². The predicted molar refractivity (Wildman–Crippen MR) is 105 cm³/mol. The summed E-state index contributed by atoms with van der Waals surface area (Å²) in [7, 11) is 0. The molecule has 1 aliphatic carbocycles. The fourth-order valence-corrected chi connectivity index (χ4v) is 5.33. The molecule has 2 N–H and O–H groups in total. The van der Waals surface area contributed by atoms with E-state index in [2.05, 4.69) is 15.2 Å². The number of hydrogen-bond donors (Lipinski definition) is 2. The molecule has 8 nitrogen and oxygen atoms in total. The first kappa shape index (κ1) is 18.2. The summed E-state index contributed by atoms with van der Waals surface area (Å²) in [5, 5.41) is 13.1. The minimum absolute atomic E-state index is 0.0642. The molecule has 28 heavy (non-hydrogen) atoms. The number of aromatic nitrogens is 3. The third-order valence-electron chi connectivity index (χ3n) is 5.98. The van der Waals surface area contributed by atoms with Gasteiger partial charge in [-0.3, -0.25) is 0 Å². The Morgan fingerprint density at radius 2 is 2.11 bits per heavy atom. The molecule has 5 rings (SSSR count). The van der Waals surface area contributed by atoms with Gasteiger partial charge in [-0.05, 0) is 43.8 Å². The molecular weight excluding hydrogens is 378 g/mol. The quantitative estimate of drug-likeness (QED) is 0.727. The van der Waals surface area contributed by atoms with Gasteiger partial charge in [-0.25, -0.2) is 9.97 Å². The molecule has 1 saturated heterocycles. The van der Waals surface area contributed by atoms with E-state index in [-0.39, 0.29) is 12.1 Å². The van der Waals surface area contributed by atoms with Crippen LogP contribution in [-0.2, 0) is 17.6 Å². The number of aryl methyl sites for hydroxylation is 2. The molecule has 2 fully saturated rings. The summed E-state index contributed by atoms with van der Waals surface area (Å²) in [6.45, 7) is 3.67. The van der Waals surface area contributed by atoms with Crippen molar-refractivity contribution in [1.82, 2.24) is 15.0 Å². The number of oxazole rings is 1. The van der Waals surface area contributed by atoms with Gasteiger partial charge in [-0.2, -0.15) is 4.98 Å². The Balaban J connectivity index is 1.37. The molecule has 1 atom stereocenters. The smallest absolute Gasteiger partial charge is 0.227 e. The molecule has 0 aromatic carbocycles. The van der Waals surface area contributed by atoms with E-state index >= 15 is 0 Å². The highest BCUT2D eigenvalue weighted by atomic mass is 32.2. The number of anilines is 2. The van der Waals surface area contributed by atoms with E-state index in [4.69, 9.17) is 14.4 Å². The fraction of sp³-hybridized carbons (Fsp3) is 0.632. The molecule has 2 aromatic rings. The van der Waals surface area contributed by atoms with Gasteiger partial charge in [0.05, 0.1) is 17.8 Å². The van der Waals surface area contributed by atoms with Crippen molar-refractivity contribution in [3.8, 4) is 0 Å². The van der Waals surface area contributed by atoms with Crippen LogP contribution in [0.15, 0.2) is 15.6 Å². The van der Waals surface area contributed by atoms with E-state index in [0.29, 0.717) is 29.9 Å². The summed E-state index contributed by atoms with van der Waals surface area (Å²) in [5.74, 6) is 3.08. The van der Waals surface area contributed by atoms with Crippen molar-refractivity contribution in [1.29, 1.82) is 0 Å². The number of piperidine rings is 1. The average molecular weight is 404 g/mol. The lowest BCUT2D eigenvalue weighted by molar-refractivity contribution is 0.265. The summed E-state index contributed by atoms with van der Waals surface area (Å²) in [4.78, 5) is 16.9. The van der Waals surface area contributed by atoms with Gasteiger partial charge in [0.1, 0.15) is 17.7 Å². The molecular formula is C19H25N5O3S. The van der Waals surface area contributed by atoms with Crippen LogP contribution in [0.3, 0.4) is 0 Å². The van der Waals surface area contributed by atoms with E-state index in [1.54, 1.807) is 6.26 Å². The molecule has 150 valence electrons. The molecule has 0 bridgehead atoms. The van der Waals surface area contributed by atoms with Crippen molar-refractivity contribution in [3.05, 3.63) is 23.5 Å². The van der Waals surface area contributed by atoms with Gasteiger partial charge in [-0.15, -0.1) is 0 Å². The van der Waals surface area contributed by atoms with E-state index in [9.17, 15) is 9.66 Å². The molecule has 9 heteroatoms. The van der Waals surface area contributed by atoms with Crippen molar-refractivity contribution in [3.63, 3.8) is 0 Å². The number of rotatable bonds is 5. The molecule has 1 unspecified atom stereocenters. The van der Waals surface area contributed by atoms with Gasteiger partial charge in [0.2, 0.25) is 10.8 Å². The van der Waals surface area contributed by atoms with Crippen LogP contribution in [0.5, 0.6) is 0 Å². The first-order valence-electron chi connectivity index (χ1n) is 9.92. The summed E-state index contributed by atoms with van der Waals surface area (Å²) < 4.78 is 18.0. The second kappa shape index (κ2) is 6.89. The average Bonchev–Trinajstić information content (AvgIpc) is 3.18. The van der Waals surface area contributed by atoms with Crippen molar-refractivity contribution in [2.24, 2.45) is 0 Å². The lowest BCUT2D eigenvalue weighted by Crippen LogP contribution is -2.35. The summed E-state index contributed by atoms with van der Waals surface area (Å²) in [6.07, 6.45) is 6.12. The molecule has 3 aliphatic rings. The zero-order chi connectivity index (χ0) is 19.3. The predicted octanol–water partition coefficient (Wildman–Crippen LogP) is 1.76. The second-order valence-electron chi connectivity index (χ2n) is 8.10. The fourth-order valence-electron chi connectivity index (χ4n) is 4.02. The lowest BCUT2D eigenvalue weighted by Gasteiger charge is -2.31. The molecule has 2 aromatic heterocycles. The topological polar surface area (TPSA) is 110 Å². The van der Waals surface area contributed by atoms with E-state index < -0.39 is 11.2 Å². The minimum atomic E-state index is -1.07. The van der Waals surface area contributed by atoms with Crippen LogP contribution in [0.2, 0.25) is 0 Å². The first-order valence-corrected chi connectivity index (χ1v) is 11.2. The second-order valence-corrected chi connectivity index (χ2v) is 9.61. The van der Waals surface area contributed by atoms with E-state index in [1.807, 2.05) is 6.92 Å². The maximum Gasteiger partial charge on any atom is 0.227 e. The highest BCUT2D eigenvalue weighted by molar-refractivity contribution is 7.91. The first-order chi connectivity index (χ1) is 13.6. The normalized spacial score (nSPS) is 23.7. The molecule has 2 aliphatic heterocycles. The van der Waals surface area contributed by atoms with E-state index in [1.165, 1.54) is 0 Å². The molecule has 4 heterocycles. The lowest BCUT2D eigenvalue weighted by atomic mass is 9.97. The third-order valence-corrected chi connectivity index (χ3v) is 7.44. The van der Waals surface area contributed by atoms with E-state index in [0.717, 1.165) is 60.9 Å². The van der Waals surface area contributed by atoms with Crippen LogP contribution in [0.4, 0.5) is 11.8 Å². The zero-order valence-electron chi connectivity index (χ0n) is 16.0. The summed E-state index contributed by atoms with van der Waals surface area (Å²) >= 11 is -1.07. The molecule has 0 spiro atoms.